The lowest BCUT2D eigenvalue weighted by Gasteiger charge is -2.10. The van der Waals surface area contributed by atoms with E-state index in [2.05, 4.69) is 16.0 Å². The van der Waals surface area contributed by atoms with Crippen molar-refractivity contribution in [2.24, 2.45) is 5.92 Å². The molecule has 2 aromatic carbocycles. The number of fused-ring (bicyclic) bond motifs is 1. The van der Waals surface area contributed by atoms with Crippen molar-refractivity contribution in [1.29, 1.82) is 0 Å². The minimum Gasteiger partial charge on any atom is -0.324 e. The van der Waals surface area contributed by atoms with Gasteiger partial charge in [-0.15, -0.1) is 4.58 Å². The average Bonchev–Trinajstić information content (AvgIpc) is 3.31. The maximum Gasteiger partial charge on any atom is 0.420 e. The SMILES string of the molecule is CN(C)CCNCC(=O)NC[N+]1=C(c2ccccc2)C2C(=O)NC(c3ccccc3)=C2C1=O. The number of nitrogens with zero attached hydrogens (tertiary/aromatic N) is 2. The molecule has 0 aromatic heterocycles. The summed E-state index contributed by atoms with van der Waals surface area (Å²) in [6, 6.07) is 18.7. The predicted octanol–water partition coefficient (Wildman–Crippen LogP) is 0.411. The third kappa shape index (κ3) is 4.76. The highest BCUT2D eigenvalue weighted by Crippen LogP contribution is 2.36. The second-order valence-electron chi connectivity index (χ2n) is 8.30. The van der Waals surface area contributed by atoms with Crippen molar-refractivity contribution < 1.29 is 19.0 Å². The van der Waals surface area contributed by atoms with Gasteiger partial charge in [-0.2, -0.15) is 0 Å². The Bertz CT molecular complexity index is 1120. The van der Waals surface area contributed by atoms with Crippen LogP contribution in [-0.2, 0) is 14.4 Å². The standard InChI is InChI=1S/C25H27N5O3/c1-29(2)14-13-26-15-19(31)27-16-30-23(18-11-7-4-8-12-18)21-20(25(30)33)22(28-24(21)32)17-9-5-3-6-10-17/h3-12,21,26H,13-16H2,1-2H3,(H-,27,28,31,32,33)/p+1. The first-order valence-electron chi connectivity index (χ1n) is 10.9. The van der Waals surface area contributed by atoms with Crippen LogP contribution in [0.4, 0.5) is 0 Å². The Labute approximate surface area is 193 Å². The van der Waals surface area contributed by atoms with Crippen molar-refractivity contribution >= 4 is 29.1 Å². The zero-order chi connectivity index (χ0) is 23.4. The molecule has 1 atom stereocenters. The molecule has 0 radical (unpaired) electrons. The molecule has 2 aliphatic heterocycles. The van der Waals surface area contributed by atoms with Gasteiger partial charge < -0.3 is 15.5 Å². The van der Waals surface area contributed by atoms with E-state index in [1.165, 1.54) is 4.58 Å². The van der Waals surface area contributed by atoms with Gasteiger partial charge in [0.15, 0.2) is 5.92 Å². The molecule has 0 fully saturated rings. The first-order valence-corrected chi connectivity index (χ1v) is 10.9. The van der Waals surface area contributed by atoms with Crippen LogP contribution in [0.3, 0.4) is 0 Å². The smallest absolute Gasteiger partial charge is 0.324 e. The summed E-state index contributed by atoms with van der Waals surface area (Å²) < 4.78 is 1.51. The number of likely N-dealkylation sites (N-methyl/N-ethyl adjacent to an activating group) is 1. The summed E-state index contributed by atoms with van der Waals surface area (Å²) in [6.45, 7) is 1.64. The van der Waals surface area contributed by atoms with E-state index in [4.69, 9.17) is 0 Å². The van der Waals surface area contributed by atoms with Gasteiger partial charge in [0.25, 0.3) is 0 Å². The van der Waals surface area contributed by atoms with Gasteiger partial charge in [-0.1, -0.05) is 48.5 Å². The Morgan fingerprint density at radius 3 is 2.27 bits per heavy atom. The van der Waals surface area contributed by atoms with Gasteiger partial charge in [0.05, 0.1) is 12.2 Å². The highest BCUT2D eigenvalue weighted by atomic mass is 16.2. The monoisotopic (exact) mass is 446 g/mol. The Kier molecular flexibility index (Phi) is 6.76. The summed E-state index contributed by atoms with van der Waals surface area (Å²) >= 11 is 0. The molecule has 1 unspecified atom stereocenters. The van der Waals surface area contributed by atoms with Crippen LogP contribution < -0.4 is 16.0 Å². The van der Waals surface area contributed by atoms with Crippen molar-refractivity contribution in [3.63, 3.8) is 0 Å². The molecule has 0 bridgehead atoms. The van der Waals surface area contributed by atoms with Gasteiger partial charge >= 0.3 is 5.91 Å². The van der Waals surface area contributed by atoms with Gasteiger partial charge in [0.1, 0.15) is 5.57 Å². The van der Waals surface area contributed by atoms with Gasteiger partial charge in [0, 0.05) is 18.7 Å². The number of carbonyl (C=O) groups is 3. The van der Waals surface area contributed by atoms with Crippen LogP contribution >= 0.6 is 0 Å². The lowest BCUT2D eigenvalue weighted by Crippen LogP contribution is -2.42. The van der Waals surface area contributed by atoms with Crippen molar-refractivity contribution in [3.8, 4) is 0 Å². The zero-order valence-corrected chi connectivity index (χ0v) is 18.8. The molecule has 2 heterocycles. The van der Waals surface area contributed by atoms with Crippen molar-refractivity contribution in [3.05, 3.63) is 77.4 Å². The number of hydrogen-bond donors (Lipinski definition) is 3. The fourth-order valence-electron chi connectivity index (χ4n) is 4.10. The summed E-state index contributed by atoms with van der Waals surface area (Å²) in [6.07, 6.45) is 0. The van der Waals surface area contributed by atoms with Crippen LogP contribution in [0, 0.1) is 5.92 Å². The maximum atomic E-state index is 13.5. The second-order valence-corrected chi connectivity index (χ2v) is 8.30. The maximum absolute atomic E-state index is 13.5. The minimum absolute atomic E-state index is 0.00734. The molecule has 0 saturated heterocycles. The van der Waals surface area contributed by atoms with E-state index >= 15 is 0 Å². The molecular formula is C25H28N5O3+. The predicted molar refractivity (Wildman–Crippen MR) is 125 cm³/mol. The minimum atomic E-state index is -0.717. The molecule has 0 aliphatic carbocycles. The molecule has 0 saturated carbocycles. The molecule has 170 valence electrons. The first-order chi connectivity index (χ1) is 16.0. The first kappa shape index (κ1) is 22.6. The molecule has 2 aliphatic rings. The molecule has 3 N–H and O–H groups in total. The summed E-state index contributed by atoms with van der Waals surface area (Å²) in [5.41, 5.74) is 3.08. The largest absolute Gasteiger partial charge is 0.420 e. The van der Waals surface area contributed by atoms with Gasteiger partial charge in [-0.25, -0.2) is 4.79 Å². The molecule has 4 rings (SSSR count). The fourth-order valence-corrected chi connectivity index (χ4v) is 4.10. The van der Waals surface area contributed by atoms with Crippen LogP contribution in [0.15, 0.2) is 66.2 Å². The van der Waals surface area contributed by atoms with Crippen molar-refractivity contribution in [1.82, 2.24) is 20.9 Å². The summed E-state index contributed by atoms with van der Waals surface area (Å²) in [7, 11) is 3.93. The van der Waals surface area contributed by atoms with E-state index in [0.29, 0.717) is 23.5 Å². The van der Waals surface area contributed by atoms with Crippen LogP contribution in [0.25, 0.3) is 5.70 Å². The Morgan fingerprint density at radius 1 is 1.00 bits per heavy atom. The molecule has 8 heteroatoms. The van der Waals surface area contributed by atoms with E-state index in [1.807, 2.05) is 79.7 Å². The van der Waals surface area contributed by atoms with E-state index in [9.17, 15) is 14.4 Å². The molecule has 2 aromatic rings. The van der Waals surface area contributed by atoms with Crippen LogP contribution in [0.5, 0.6) is 0 Å². The second kappa shape index (κ2) is 9.89. The fraction of sp³-hybridized carbons (Fsp3) is 0.280. The number of benzene rings is 2. The number of nitrogens with one attached hydrogen (secondary N) is 3. The van der Waals surface area contributed by atoms with Gasteiger partial charge in [0.2, 0.25) is 24.2 Å². The quantitative estimate of drug-likeness (QED) is 0.383. The lowest BCUT2D eigenvalue weighted by atomic mass is 9.92. The van der Waals surface area contributed by atoms with Crippen molar-refractivity contribution in [2.75, 3.05) is 40.4 Å². The van der Waals surface area contributed by atoms with E-state index in [1.54, 1.807) is 0 Å². The number of amides is 3. The molecule has 8 nitrogen and oxygen atoms in total. The third-order valence-electron chi connectivity index (χ3n) is 5.70. The molecular weight excluding hydrogens is 418 g/mol. The molecule has 3 amide bonds. The Hall–Kier alpha value is -3.62. The number of carbonyl (C=O) groups excluding carboxylic acids is 3. The number of hydrogen-bond acceptors (Lipinski definition) is 5. The highest BCUT2D eigenvalue weighted by Gasteiger charge is 2.55. The topological polar surface area (TPSA) is 93.6 Å². The van der Waals surface area contributed by atoms with Crippen LogP contribution in [0.1, 0.15) is 11.1 Å². The summed E-state index contributed by atoms with van der Waals surface area (Å²) in [5.74, 6) is -1.45. The van der Waals surface area contributed by atoms with E-state index in [0.717, 1.165) is 17.7 Å². The molecule has 0 spiro atoms. The van der Waals surface area contributed by atoms with Crippen molar-refractivity contribution in [2.45, 2.75) is 0 Å². The third-order valence-corrected chi connectivity index (χ3v) is 5.70. The van der Waals surface area contributed by atoms with Crippen LogP contribution in [0.2, 0.25) is 0 Å². The lowest BCUT2D eigenvalue weighted by molar-refractivity contribution is -0.444. The highest BCUT2D eigenvalue weighted by molar-refractivity contribution is 6.28. The number of rotatable bonds is 9. The van der Waals surface area contributed by atoms with Crippen LogP contribution in [-0.4, -0.2) is 73.3 Å². The van der Waals surface area contributed by atoms with E-state index < -0.39 is 5.92 Å². The zero-order valence-electron chi connectivity index (χ0n) is 18.8. The molecule has 33 heavy (non-hydrogen) atoms. The van der Waals surface area contributed by atoms with E-state index in [-0.39, 0.29) is 30.9 Å². The van der Waals surface area contributed by atoms with Gasteiger partial charge in [-0.3, -0.25) is 14.9 Å². The Balaban J connectivity index is 1.61. The normalized spacial score (nSPS) is 17.6. The summed E-state index contributed by atoms with van der Waals surface area (Å²) in [5, 5.41) is 8.80. The summed E-state index contributed by atoms with van der Waals surface area (Å²) in [4.78, 5) is 40.9. The Morgan fingerprint density at radius 2 is 1.64 bits per heavy atom. The average molecular weight is 447 g/mol. The van der Waals surface area contributed by atoms with Gasteiger partial charge in [-0.05, 0) is 31.8 Å².